The quantitative estimate of drug-likeness (QED) is 0.290. The van der Waals surface area contributed by atoms with Crippen LogP contribution in [0.3, 0.4) is 0 Å². The Balaban J connectivity index is 1.42. The monoisotopic (exact) mass is 472 g/mol. The maximum absolute atomic E-state index is 15.0. The Kier molecular flexibility index (Phi) is 7.92. The van der Waals surface area contributed by atoms with Gasteiger partial charge in [0.2, 0.25) is 0 Å². The van der Waals surface area contributed by atoms with E-state index in [9.17, 15) is 17.6 Å². The summed E-state index contributed by atoms with van der Waals surface area (Å²) in [6.45, 7) is 3.84. The fraction of sp³-hybridized carbons (Fsp3) is 0.448. The van der Waals surface area contributed by atoms with Gasteiger partial charge < -0.3 is 4.74 Å². The number of ether oxygens (including phenoxy) is 1. The molecule has 0 aliphatic heterocycles. The van der Waals surface area contributed by atoms with Crippen LogP contribution in [0.25, 0.3) is 11.1 Å². The minimum Gasteiger partial charge on any atom is -0.374 e. The van der Waals surface area contributed by atoms with Crippen LogP contribution in [-0.4, -0.2) is 13.2 Å². The third kappa shape index (κ3) is 5.14. The lowest BCUT2D eigenvalue weighted by molar-refractivity contribution is 0.0812. The van der Waals surface area contributed by atoms with Gasteiger partial charge in [-0.1, -0.05) is 42.5 Å². The molecule has 34 heavy (non-hydrogen) atoms. The normalized spacial score (nSPS) is 25.4. The summed E-state index contributed by atoms with van der Waals surface area (Å²) in [5.74, 6) is -3.00. The molecule has 0 heterocycles. The Labute approximate surface area is 199 Å². The van der Waals surface area contributed by atoms with Gasteiger partial charge in [0.15, 0.2) is 17.5 Å². The van der Waals surface area contributed by atoms with Crippen LogP contribution in [0.1, 0.15) is 62.0 Å². The molecule has 2 aromatic rings. The molecule has 0 bridgehead atoms. The largest absolute Gasteiger partial charge is 0.374 e. The lowest BCUT2D eigenvalue weighted by atomic mass is 9.78. The number of methoxy groups -OCH3 is 1. The lowest BCUT2D eigenvalue weighted by Crippen LogP contribution is -2.22. The number of aryl methyl sites for hydroxylation is 1. The van der Waals surface area contributed by atoms with Crippen LogP contribution >= 0.6 is 0 Å². The molecule has 0 amide bonds. The van der Waals surface area contributed by atoms with Gasteiger partial charge in [0.1, 0.15) is 11.9 Å². The molecule has 0 radical (unpaired) electrons. The summed E-state index contributed by atoms with van der Waals surface area (Å²) in [5.41, 5.74) is 2.24. The first-order chi connectivity index (χ1) is 16.4. The Hall–Kier alpha value is -2.40. The Morgan fingerprint density at radius 2 is 1.56 bits per heavy atom. The number of allylic oxidation sites excluding steroid dienone is 2. The molecule has 5 heteroatoms. The molecular formula is C29H32F4O. The molecule has 1 fully saturated rings. The second-order valence-electron chi connectivity index (χ2n) is 9.61. The van der Waals surface area contributed by atoms with Gasteiger partial charge in [-0.05, 0) is 79.9 Å². The third-order valence-electron chi connectivity index (χ3n) is 7.63. The molecule has 1 saturated carbocycles. The summed E-state index contributed by atoms with van der Waals surface area (Å²) in [4.78, 5) is 0. The number of halogens is 4. The maximum atomic E-state index is 15.0. The highest BCUT2D eigenvalue weighted by molar-refractivity contribution is 5.65. The number of benzene rings is 2. The number of hydrogen-bond acceptors (Lipinski definition) is 1. The van der Waals surface area contributed by atoms with Crippen molar-refractivity contribution in [2.45, 2.75) is 63.4 Å². The summed E-state index contributed by atoms with van der Waals surface area (Å²) in [7, 11) is 1.38. The molecule has 0 aromatic heterocycles. The van der Waals surface area contributed by atoms with Crippen LogP contribution in [0.4, 0.5) is 17.6 Å². The highest BCUT2D eigenvalue weighted by Gasteiger charge is 2.31. The maximum Gasteiger partial charge on any atom is 0.166 e. The van der Waals surface area contributed by atoms with E-state index in [0.29, 0.717) is 42.7 Å². The molecular weight excluding hydrogens is 440 g/mol. The van der Waals surface area contributed by atoms with Crippen LogP contribution in [-0.2, 0) is 11.2 Å². The summed E-state index contributed by atoms with van der Waals surface area (Å²) in [6.07, 6.45) is 6.85. The van der Waals surface area contributed by atoms with Crippen LogP contribution in [0.15, 0.2) is 60.7 Å². The molecule has 0 spiro atoms. The summed E-state index contributed by atoms with van der Waals surface area (Å²) >= 11 is 0. The van der Waals surface area contributed by atoms with E-state index < -0.39 is 35.3 Å². The van der Waals surface area contributed by atoms with Crippen LogP contribution in [0.2, 0.25) is 0 Å². The van der Waals surface area contributed by atoms with E-state index in [-0.39, 0.29) is 11.5 Å². The van der Waals surface area contributed by atoms with Crippen molar-refractivity contribution < 1.29 is 22.3 Å². The molecule has 0 N–H and O–H groups in total. The van der Waals surface area contributed by atoms with E-state index in [2.05, 4.69) is 6.58 Å². The average Bonchev–Trinajstić information content (AvgIpc) is 2.87. The first-order valence-corrected chi connectivity index (χ1v) is 12.2. The van der Waals surface area contributed by atoms with Crippen molar-refractivity contribution in [3.05, 3.63) is 83.5 Å². The lowest BCUT2D eigenvalue weighted by Gasteiger charge is -2.27. The number of hydrogen-bond donors (Lipinski definition) is 0. The fourth-order valence-electron chi connectivity index (χ4n) is 5.41. The van der Waals surface area contributed by atoms with Crippen molar-refractivity contribution in [2.24, 2.45) is 11.8 Å². The zero-order chi connectivity index (χ0) is 24.2. The van der Waals surface area contributed by atoms with E-state index in [0.717, 1.165) is 31.2 Å². The van der Waals surface area contributed by atoms with Crippen molar-refractivity contribution in [1.82, 2.24) is 0 Å². The Bertz CT molecular complexity index is 1030. The van der Waals surface area contributed by atoms with Crippen LogP contribution in [0.5, 0.6) is 0 Å². The molecule has 2 unspecified atom stereocenters. The molecule has 0 saturated heterocycles. The molecule has 2 aromatic carbocycles. The van der Waals surface area contributed by atoms with Crippen molar-refractivity contribution in [2.75, 3.05) is 7.11 Å². The van der Waals surface area contributed by atoms with Gasteiger partial charge in [0.25, 0.3) is 0 Å². The van der Waals surface area contributed by atoms with E-state index in [4.69, 9.17) is 4.74 Å². The minimum absolute atomic E-state index is 0.0420. The molecule has 1 nitrogen and oxygen atoms in total. The first kappa shape index (κ1) is 24.7. The Morgan fingerprint density at radius 3 is 2.21 bits per heavy atom. The third-order valence-corrected chi connectivity index (χ3v) is 7.63. The fourth-order valence-corrected chi connectivity index (χ4v) is 5.41. The SMILES string of the molecule is C=CC1CCC(c2ccc(-c3ccc(CCC4CCC(OC)C(F)=C4F)cc3)c(F)c2F)CC1. The highest BCUT2D eigenvalue weighted by Crippen LogP contribution is 2.39. The van der Waals surface area contributed by atoms with Gasteiger partial charge in [0, 0.05) is 18.6 Å². The minimum atomic E-state index is -0.811. The molecule has 182 valence electrons. The summed E-state index contributed by atoms with van der Waals surface area (Å²) < 4.78 is 63.2. The Morgan fingerprint density at radius 1 is 0.853 bits per heavy atom. The van der Waals surface area contributed by atoms with Crippen molar-refractivity contribution in [3.8, 4) is 11.1 Å². The molecule has 2 atom stereocenters. The van der Waals surface area contributed by atoms with E-state index in [1.165, 1.54) is 7.11 Å². The van der Waals surface area contributed by atoms with Crippen LogP contribution < -0.4 is 0 Å². The van der Waals surface area contributed by atoms with Gasteiger partial charge in [-0.15, -0.1) is 6.58 Å². The van der Waals surface area contributed by atoms with Crippen molar-refractivity contribution >= 4 is 0 Å². The molecule has 4 rings (SSSR count). The summed E-state index contributed by atoms with van der Waals surface area (Å²) in [6, 6.07) is 10.6. The van der Waals surface area contributed by atoms with E-state index >= 15 is 0 Å². The zero-order valence-electron chi connectivity index (χ0n) is 19.6. The van der Waals surface area contributed by atoms with E-state index in [1.54, 1.807) is 24.3 Å². The average molecular weight is 473 g/mol. The topological polar surface area (TPSA) is 9.23 Å². The van der Waals surface area contributed by atoms with Gasteiger partial charge in [-0.3, -0.25) is 0 Å². The zero-order valence-corrected chi connectivity index (χ0v) is 19.6. The van der Waals surface area contributed by atoms with Crippen molar-refractivity contribution in [1.29, 1.82) is 0 Å². The molecule has 2 aliphatic carbocycles. The smallest absolute Gasteiger partial charge is 0.166 e. The standard InChI is InChI=1S/C29H32F4O/c1-3-18-4-9-20(10-5-18)23-15-16-24(28(32)27(23)31)21-11-6-19(7-12-21)8-13-22-14-17-25(34-2)29(33)26(22)30/h3,6-7,11-12,15-16,18,20,22,25H,1,4-5,8-10,13-14,17H2,2H3. The van der Waals surface area contributed by atoms with E-state index in [1.807, 2.05) is 18.2 Å². The van der Waals surface area contributed by atoms with Gasteiger partial charge in [-0.25, -0.2) is 17.6 Å². The van der Waals surface area contributed by atoms with Gasteiger partial charge in [-0.2, -0.15) is 0 Å². The second-order valence-corrected chi connectivity index (χ2v) is 9.61. The summed E-state index contributed by atoms with van der Waals surface area (Å²) in [5, 5.41) is 0. The molecule has 2 aliphatic rings. The van der Waals surface area contributed by atoms with Crippen LogP contribution in [0, 0.1) is 23.5 Å². The predicted octanol–water partition coefficient (Wildman–Crippen LogP) is 8.60. The van der Waals surface area contributed by atoms with Gasteiger partial charge >= 0.3 is 0 Å². The van der Waals surface area contributed by atoms with Gasteiger partial charge in [0.05, 0.1) is 0 Å². The first-order valence-electron chi connectivity index (χ1n) is 12.2. The highest BCUT2D eigenvalue weighted by atomic mass is 19.2. The van der Waals surface area contributed by atoms with Crippen molar-refractivity contribution in [3.63, 3.8) is 0 Å². The predicted molar refractivity (Wildman–Crippen MR) is 128 cm³/mol. The number of rotatable bonds is 7. The second kappa shape index (κ2) is 10.9.